The minimum atomic E-state index is -2.64. The van der Waals surface area contributed by atoms with Crippen LogP contribution in [-0.4, -0.2) is 39.6 Å². The lowest BCUT2D eigenvalue weighted by Crippen LogP contribution is -2.55. The third-order valence-corrected chi connectivity index (χ3v) is 3.63. The Balaban J connectivity index is 2.18. The average molecular weight is 314 g/mol. The van der Waals surface area contributed by atoms with Crippen molar-refractivity contribution in [2.24, 2.45) is 5.92 Å². The van der Waals surface area contributed by atoms with Crippen molar-refractivity contribution in [3.63, 3.8) is 0 Å². The molecule has 0 radical (unpaired) electrons. The minimum Gasteiger partial charge on any atom is -0.480 e. The Kier molecular flexibility index (Phi) is 4.65. The fourth-order valence-electron chi connectivity index (χ4n) is 2.64. The van der Waals surface area contributed by atoms with Gasteiger partial charge in [0.25, 0.3) is 11.5 Å². The van der Waals surface area contributed by atoms with Crippen molar-refractivity contribution in [1.82, 2.24) is 9.47 Å². The maximum absolute atomic E-state index is 12.8. The van der Waals surface area contributed by atoms with Gasteiger partial charge in [-0.15, -0.1) is 0 Å². The predicted molar refractivity (Wildman–Crippen MR) is 77.1 cm³/mol. The first-order valence-electron chi connectivity index (χ1n) is 7.22. The number of carboxylic acid groups (broad SMARTS) is 1. The fraction of sp³-hybridized carbons (Fsp3) is 0.600. The molecule has 0 aliphatic carbocycles. The fourth-order valence-corrected chi connectivity index (χ4v) is 2.64. The summed E-state index contributed by atoms with van der Waals surface area (Å²) in [5.41, 5.74) is 0.260. The van der Waals surface area contributed by atoms with E-state index in [-0.39, 0.29) is 25.6 Å². The number of hydrogen-bond acceptors (Lipinski definition) is 3. The van der Waals surface area contributed by atoms with Crippen LogP contribution in [0.15, 0.2) is 23.1 Å². The van der Waals surface area contributed by atoms with Gasteiger partial charge in [-0.2, -0.15) is 0 Å². The number of hydrogen-bond donors (Lipinski definition) is 1. The second-order valence-electron chi connectivity index (χ2n) is 6.27. The van der Waals surface area contributed by atoms with Crippen LogP contribution in [0.5, 0.6) is 0 Å². The summed E-state index contributed by atoms with van der Waals surface area (Å²) in [6.45, 7) is 3.44. The van der Waals surface area contributed by atoms with Crippen molar-refractivity contribution in [3.8, 4) is 0 Å². The van der Waals surface area contributed by atoms with Gasteiger partial charge in [0.05, 0.1) is 13.1 Å². The van der Waals surface area contributed by atoms with Crippen molar-refractivity contribution in [2.75, 3.05) is 13.1 Å². The summed E-state index contributed by atoms with van der Waals surface area (Å²) >= 11 is 0. The molecule has 1 aliphatic heterocycles. The number of carboxylic acids is 1. The summed E-state index contributed by atoms with van der Waals surface area (Å²) in [7, 11) is 0. The molecule has 1 aromatic heterocycles. The van der Waals surface area contributed by atoms with Crippen LogP contribution in [0.2, 0.25) is 0 Å². The third-order valence-electron chi connectivity index (χ3n) is 3.63. The maximum atomic E-state index is 12.8. The van der Waals surface area contributed by atoms with Crippen LogP contribution in [0.4, 0.5) is 8.78 Å². The Morgan fingerprint density at radius 3 is 2.50 bits per heavy atom. The lowest BCUT2D eigenvalue weighted by atomic mass is 10.0. The number of carbonyl (C=O) groups is 1. The lowest BCUT2D eigenvalue weighted by molar-refractivity contribution is -0.141. The van der Waals surface area contributed by atoms with Crippen LogP contribution < -0.4 is 5.56 Å². The predicted octanol–water partition coefficient (Wildman–Crippen LogP) is 1.97. The van der Waals surface area contributed by atoms with E-state index in [1.807, 2.05) is 13.8 Å². The zero-order chi connectivity index (χ0) is 16.5. The van der Waals surface area contributed by atoms with Gasteiger partial charge in [0.1, 0.15) is 6.04 Å². The van der Waals surface area contributed by atoms with Gasteiger partial charge >= 0.3 is 5.97 Å². The lowest BCUT2D eigenvalue weighted by Gasteiger charge is -2.38. The van der Waals surface area contributed by atoms with E-state index in [4.69, 9.17) is 0 Å². The monoisotopic (exact) mass is 314 g/mol. The molecule has 1 aromatic rings. The Morgan fingerprint density at radius 2 is 2.00 bits per heavy atom. The smallest absolute Gasteiger partial charge is 0.326 e. The first-order chi connectivity index (χ1) is 10.2. The largest absolute Gasteiger partial charge is 0.480 e. The molecule has 5 nitrogen and oxygen atoms in total. The number of aliphatic carboxylic acids is 1. The van der Waals surface area contributed by atoms with Crippen molar-refractivity contribution >= 4 is 5.97 Å². The van der Waals surface area contributed by atoms with E-state index in [0.717, 1.165) is 0 Å². The van der Waals surface area contributed by atoms with E-state index in [1.54, 1.807) is 11.0 Å². The second kappa shape index (κ2) is 6.16. The first kappa shape index (κ1) is 16.6. The summed E-state index contributed by atoms with van der Waals surface area (Å²) < 4.78 is 26.9. The SMILES string of the molecule is CC(C)CC(C(=O)O)n1cc(CN2CC(F)(F)C2)ccc1=O. The quantitative estimate of drug-likeness (QED) is 0.872. The summed E-state index contributed by atoms with van der Waals surface area (Å²) in [6.07, 6.45) is 1.81. The van der Waals surface area contributed by atoms with Crippen LogP contribution in [0.1, 0.15) is 31.9 Å². The van der Waals surface area contributed by atoms with Gasteiger partial charge < -0.3 is 9.67 Å². The topological polar surface area (TPSA) is 62.5 Å². The van der Waals surface area contributed by atoms with Gasteiger partial charge in [-0.25, -0.2) is 13.6 Å². The van der Waals surface area contributed by atoms with Gasteiger partial charge in [-0.05, 0) is 17.9 Å². The molecule has 0 saturated carbocycles. The van der Waals surface area contributed by atoms with Gasteiger partial charge in [0.2, 0.25) is 0 Å². The van der Waals surface area contributed by atoms with Gasteiger partial charge in [0, 0.05) is 18.8 Å². The molecule has 1 N–H and O–H groups in total. The van der Waals surface area contributed by atoms with Crippen molar-refractivity contribution in [2.45, 2.75) is 38.8 Å². The molecule has 22 heavy (non-hydrogen) atoms. The third kappa shape index (κ3) is 3.91. The number of aromatic nitrogens is 1. The summed E-state index contributed by atoms with van der Waals surface area (Å²) in [6, 6.07) is 1.91. The molecule has 0 aromatic carbocycles. The van der Waals surface area contributed by atoms with Crippen LogP contribution in [0.25, 0.3) is 0 Å². The molecule has 1 saturated heterocycles. The van der Waals surface area contributed by atoms with Crippen molar-refractivity contribution in [3.05, 3.63) is 34.2 Å². The molecule has 1 unspecified atom stereocenters. The normalized spacial score (nSPS) is 19.0. The van der Waals surface area contributed by atoms with Crippen LogP contribution in [0, 0.1) is 5.92 Å². The highest BCUT2D eigenvalue weighted by Crippen LogP contribution is 2.28. The Morgan fingerprint density at radius 1 is 1.36 bits per heavy atom. The Labute approximate surface area is 127 Å². The minimum absolute atomic E-state index is 0.116. The molecule has 2 heterocycles. The van der Waals surface area contributed by atoms with E-state index in [0.29, 0.717) is 12.0 Å². The highest BCUT2D eigenvalue weighted by molar-refractivity contribution is 5.71. The number of nitrogens with zero attached hydrogens (tertiary/aromatic N) is 2. The number of halogens is 2. The molecule has 0 spiro atoms. The van der Waals surface area contributed by atoms with Crippen molar-refractivity contribution in [1.29, 1.82) is 0 Å². The number of rotatable bonds is 6. The van der Waals surface area contributed by atoms with E-state index in [9.17, 15) is 23.5 Å². The number of pyridine rings is 1. The van der Waals surface area contributed by atoms with E-state index in [1.165, 1.54) is 16.8 Å². The molecule has 122 valence electrons. The number of alkyl halides is 2. The molecule has 2 rings (SSSR count). The molecular formula is C15H20F2N2O3. The highest BCUT2D eigenvalue weighted by Gasteiger charge is 2.43. The maximum Gasteiger partial charge on any atom is 0.326 e. The van der Waals surface area contributed by atoms with E-state index < -0.39 is 23.5 Å². The Bertz CT molecular complexity index is 605. The number of likely N-dealkylation sites (tertiary alicyclic amines) is 1. The van der Waals surface area contributed by atoms with Crippen molar-refractivity contribution < 1.29 is 18.7 Å². The van der Waals surface area contributed by atoms with E-state index >= 15 is 0 Å². The first-order valence-corrected chi connectivity index (χ1v) is 7.22. The molecule has 1 aliphatic rings. The average Bonchev–Trinajstić information content (AvgIpc) is 2.36. The van der Waals surface area contributed by atoms with Gasteiger partial charge in [0.15, 0.2) is 0 Å². The summed E-state index contributed by atoms with van der Waals surface area (Å²) in [4.78, 5) is 24.9. The van der Waals surface area contributed by atoms with E-state index in [2.05, 4.69) is 0 Å². The molecule has 1 atom stereocenters. The molecular weight excluding hydrogens is 294 g/mol. The molecule has 0 bridgehead atoms. The summed E-state index contributed by atoms with van der Waals surface area (Å²) in [5, 5.41) is 9.33. The molecule has 0 amide bonds. The summed E-state index contributed by atoms with van der Waals surface area (Å²) in [5.74, 6) is -3.59. The zero-order valence-corrected chi connectivity index (χ0v) is 12.6. The molecule has 1 fully saturated rings. The second-order valence-corrected chi connectivity index (χ2v) is 6.27. The van der Waals surface area contributed by atoms with Crippen LogP contribution >= 0.6 is 0 Å². The Hall–Kier alpha value is -1.76. The van der Waals surface area contributed by atoms with Crippen LogP contribution in [0.3, 0.4) is 0 Å². The standard InChI is InChI=1S/C15H20F2N2O3/c1-10(2)5-12(14(21)22)19-7-11(3-4-13(19)20)6-18-8-15(16,17)9-18/h3-4,7,10,12H,5-6,8-9H2,1-2H3,(H,21,22). The molecule has 7 heteroatoms. The van der Waals surface area contributed by atoms with Crippen LogP contribution in [-0.2, 0) is 11.3 Å². The zero-order valence-electron chi connectivity index (χ0n) is 12.6. The van der Waals surface area contributed by atoms with Gasteiger partial charge in [-0.3, -0.25) is 9.69 Å². The highest BCUT2D eigenvalue weighted by atomic mass is 19.3. The van der Waals surface area contributed by atoms with Gasteiger partial charge in [-0.1, -0.05) is 19.9 Å².